The molecule has 0 saturated heterocycles. The third kappa shape index (κ3) is 3.72. The number of nitrogens with zero attached hydrogens (tertiary/aromatic N) is 2. The average Bonchev–Trinajstić information content (AvgIpc) is 3.01. The zero-order chi connectivity index (χ0) is 20.1. The topological polar surface area (TPSA) is 67.1 Å². The van der Waals surface area contributed by atoms with Gasteiger partial charge in [0.1, 0.15) is 11.8 Å². The highest BCUT2D eigenvalue weighted by Crippen LogP contribution is 2.35. The lowest BCUT2D eigenvalue weighted by Crippen LogP contribution is -2.10. The molecule has 0 aliphatic rings. The molecule has 1 heterocycles. The van der Waals surface area contributed by atoms with Crippen LogP contribution in [0.3, 0.4) is 0 Å². The molecule has 0 fully saturated rings. The zero-order valence-electron chi connectivity index (χ0n) is 16.6. The van der Waals surface area contributed by atoms with Crippen LogP contribution in [0.4, 0.5) is 5.69 Å². The summed E-state index contributed by atoms with van der Waals surface area (Å²) in [6.07, 6.45) is 1.32. The summed E-state index contributed by atoms with van der Waals surface area (Å²) in [5, 5.41) is 13.7. The molecular weight excluding hydrogens is 350 g/mol. The smallest absolute Gasteiger partial charge is 0.224 e. The van der Waals surface area contributed by atoms with Gasteiger partial charge < -0.3 is 14.6 Å². The number of hydrogen-bond donors (Lipinski definition) is 1. The van der Waals surface area contributed by atoms with Crippen molar-refractivity contribution in [1.29, 1.82) is 5.26 Å². The van der Waals surface area contributed by atoms with E-state index in [-0.39, 0.29) is 5.91 Å². The molecule has 0 saturated carbocycles. The summed E-state index contributed by atoms with van der Waals surface area (Å²) >= 11 is 0. The van der Waals surface area contributed by atoms with Crippen molar-refractivity contribution in [2.45, 2.75) is 40.2 Å². The Balaban J connectivity index is 2.06. The van der Waals surface area contributed by atoms with Crippen LogP contribution in [-0.4, -0.2) is 17.1 Å². The summed E-state index contributed by atoms with van der Waals surface area (Å²) < 4.78 is 7.78. The predicted octanol–water partition coefficient (Wildman–Crippen LogP) is 5.34. The molecule has 0 atom stereocenters. The van der Waals surface area contributed by atoms with Crippen molar-refractivity contribution in [2.75, 3.05) is 11.9 Å². The zero-order valence-corrected chi connectivity index (χ0v) is 16.6. The molecule has 2 aromatic carbocycles. The minimum atomic E-state index is 0.0130. The Morgan fingerprint density at radius 1 is 1.14 bits per heavy atom. The minimum Gasteiger partial charge on any atom is -0.494 e. The van der Waals surface area contributed by atoms with Crippen molar-refractivity contribution in [1.82, 2.24) is 4.57 Å². The van der Waals surface area contributed by atoms with E-state index in [0.29, 0.717) is 18.6 Å². The highest BCUT2D eigenvalue weighted by molar-refractivity contribution is 5.96. The van der Waals surface area contributed by atoms with Gasteiger partial charge in [-0.3, -0.25) is 4.79 Å². The van der Waals surface area contributed by atoms with Crippen LogP contribution in [0.5, 0.6) is 5.75 Å². The van der Waals surface area contributed by atoms with Gasteiger partial charge in [-0.1, -0.05) is 19.1 Å². The van der Waals surface area contributed by atoms with Gasteiger partial charge in [-0.05, 0) is 50.1 Å². The Hall–Kier alpha value is -3.26. The van der Waals surface area contributed by atoms with E-state index in [9.17, 15) is 10.1 Å². The standard InChI is InChI=1S/C23H25N3O2/c1-4-7-22(27)25-17-10-8-16(9-11-17)23-20(15-24)19-13-12-18(28-6-3)14-21(19)26(23)5-2/h8-14H,4-7H2,1-3H3,(H,25,27). The monoisotopic (exact) mass is 375 g/mol. The number of hydrogen-bond acceptors (Lipinski definition) is 3. The van der Waals surface area contributed by atoms with E-state index in [1.165, 1.54) is 0 Å². The second-order valence-electron chi connectivity index (χ2n) is 6.57. The Bertz CT molecular complexity index is 1030. The second kappa shape index (κ2) is 8.62. The summed E-state index contributed by atoms with van der Waals surface area (Å²) in [4.78, 5) is 11.8. The molecule has 28 heavy (non-hydrogen) atoms. The van der Waals surface area contributed by atoms with Gasteiger partial charge in [0.05, 0.1) is 23.4 Å². The van der Waals surface area contributed by atoms with Crippen molar-refractivity contribution in [3.8, 4) is 23.1 Å². The molecule has 0 spiro atoms. The summed E-state index contributed by atoms with van der Waals surface area (Å²) in [5.74, 6) is 0.811. The van der Waals surface area contributed by atoms with Gasteiger partial charge in [-0.25, -0.2) is 0 Å². The lowest BCUT2D eigenvalue weighted by Gasteiger charge is -2.10. The minimum absolute atomic E-state index is 0.0130. The molecule has 0 unspecified atom stereocenters. The summed E-state index contributed by atoms with van der Waals surface area (Å²) in [6, 6.07) is 15.9. The highest BCUT2D eigenvalue weighted by Gasteiger charge is 2.18. The number of nitriles is 1. The molecule has 3 aromatic rings. The average molecular weight is 375 g/mol. The number of benzene rings is 2. The van der Waals surface area contributed by atoms with Crippen LogP contribution < -0.4 is 10.1 Å². The van der Waals surface area contributed by atoms with E-state index >= 15 is 0 Å². The van der Waals surface area contributed by atoms with Gasteiger partial charge in [0.2, 0.25) is 5.91 Å². The molecule has 1 amide bonds. The Kier molecular flexibility index (Phi) is 6.00. The fourth-order valence-corrected chi connectivity index (χ4v) is 3.49. The van der Waals surface area contributed by atoms with Gasteiger partial charge in [0.25, 0.3) is 0 Å². The maximum absolute atomic E-state index is 11.8. The first kappa shape index (κ1) is 19.5. The molecule has 144 valence electrons. The Labute approximate surface area is 165 Å². The normalized spacial score (nSPS) is 10.6. The van der Waals surface area contributed by atoms with Gasteiger partial charge in [0.15, 0.2) is 0 Å². The number of amides is 1. The maximum atomic E-state index is 11.8. The predicted molar refractivity (Wildman–Crippen MR) is 112 cm³/mol. The Morgan fingerprint density at radius 3 is 2.50 bits per heavy atom. The lowest BCUT2D eigenvalue weighted by atomic mass is 10.1. The van der Waals surface area contributed by atoms with Crippen molar-refractivity contribution >= 4 is 22.5 Å². The van der Waals surface area contributed by atoms with Crippen LogP contribution in [-0.2, 0) is 11.3 Å². The third-order valence-electron chi connectivity index (χ3n) is 4.69. The van der Waals surface area contributed by atoms with E-state index in [4.69, 9.17) is 4.74 Å². The number of carbonyl (C=O) groups is 1. The number of aromatic nitrogens is 1. The molecular formula is C23H25N3O2. The van der Waals surface area contributed by atoms with Gasteiger partial charge >= 0.3 is 0 Å². The molecule has 3 rings (SSSR count). The number of anilines is 1. The lowest BCUT2D eigenvalue weighted by molar-refractivity contribution is -0.116. The highest BCUT2D eigenvalue weighted by atomic mass is 16.5. The SMILES string of the molecule is CCCC(=O)Nc1ccc(-c2c(C#N)c3ccc(OCC)cc3n2CC)cc1. The van der Waals surface area contributed by atoms with Crippen molar-refractivity contribution in [3.63, 3.8) is 0 Å². The van der Waals surface area contributed by atoms with E-state index in [1.54, 1.807) is 0 Å². The van der Waals surface area contributed by atoms with Crippen LogP contribution in [0.25, 0.3) is 22.2 Å². The fourth-order valence-electron chi connectivity index (χ4n) is 3.49. The number of rotatable bonds is 7. The summed E-state index contributed by atoms with van der Waals surface area (Å²) in [5.41, 5.74) is 4.24. The fraction of sp³-hybridized carbons (Fsp3) is 0.304. The van der Waals surface area contributed by atoms with E-state index in [0.717, 1.165) is 46.6 Å². The molecule has 5 nitrogen and oxygen atoms in total. The van der Waals surface area contributed by atoms with Gasteiger partial charge in [-0.2, -0.15) is 5.26 Å². The van der Waals surface area contributed by atoms with Crippen LogP contribution in [0, 0.1) is 11.3 Å². The van der Waals surface area contributed by atoms with Gasteiger partial charge in [0, 0.05) is 30.1 Å². The van der Waals surface area contributed by atoms with Gasteiger partial charge in [-0.15, -0.1) is 0 Å². The second-order valence-corrected chi connectivity index (χ2v) is 6.57. The van der Waals surface area contributed by atoms with Crippen molar-refractivity contribution in [3.05, 3.63) is 48.0 Å². The molecule has 1 N–H and O–H groups in total. The maximum Gasteiger partial charge on any atom is 0.224 e. The summed E-state index contributed by atoms with van der Waals surface area (Å²) in [7, 11) is 0. The number of nitrogens with one attached hydrogen (secondary N) is 1. The molecule has 1 aromatic heterocycles. The number of fused-ring (bicyclic) bond motifs is 1. The molecule has 0 aliphatic carbocycles. The van der Waals surface area contributed by atoms with E-state index < -0.39 is 0 Å². The largest absolute Gasteiger partial charge is 0.494 e. The van der Waals surface area contributed by atoms with Crippen molar-refractivity contribution < 1.29 is 9.53 Å². The first-order valence-electron chi connectivity index (χ1n) is 9.72. The van der Waals surface area contributed by atoms with Crippen LogP contribution in [0.15, 0.2) is 42.5 Å². The first-order chi connectivity index (χ1) is 13.6. The number of carbonyl (C=O) groups excluding carboxylic acids is 1. The van der Waals surface area contributed by atoms with E-state index in [1.807, 2.05) is 56.3 Å². The van der Waals surface area contributed by atoms with Crippen LogP contribution in [0.2, 0.25) is 0 Å². The third-order valence-corrected chi connectivity index (χ3v) is 4.69. The molecule has 0 aliphatic heterocycles. The van der Waals surface area contributed by atoms with E-state index in [2.05, 4.69) is 22.9 Å². The number of ether oxygens (including phenoxy) is 1. The molecule has 0 radical (unpaired) electrons. The molecule has 5 heteroatoms. The van der Waals surface area contributed by atoms with Crippen molar-refractivity contribution in [2.24, 2.45) is 0 Å². The Morgan fingerprint density at radius 2 is 1.89 bits per heavy atom. The molecule has 0 bridgehead atoms. The van der Waals surface area contributed by atoms with Crippen LogP contribution in [0.1, 0.15) is 39.2 Å². The number of aryl methyl sites for hydroxylation is 1. The summed E-state index contributed by atoms with van der Waals surface area (Å²) in [6.45, 7) is 7.33. The first-order valence-corrected chi connectivity index (χ1v) is 9.72. The van der Waals surface area contributed by atoms with Crippen LogP contribution >= 0.6 is 0 Å². The quantitative estimate of drug-likeness (QED) is 0.606.